The third-order valence-electron chi connectivity index (χ3n) is 4.38. The van der Waals surface area contributed by atoms with E-state index in [1.54, 1.807) is 18.2 Å². The van der Waals surface area contributed by atoms with Gasteiger partial charge in [0.25, 0.3) is 5.69 Å². The Morgan fingerprint density at radius 2 is 1.96 bits per heavy atom. The SMILES string of the molecule is O=[N+]([O-])c1cccc(NC(=S)N2CCN(Cc3ccc(F)cc3Cl)CC2)c1. The molecule has 142 valence electrons. The number of nitrogens with zero attached hydrogens (tertiary/aromatic N) is 3. The minimum Gasteiger partial charge on any atom is -0.346 e. The number of thiocarbonyl (C=S) groups is 1. The number of non-ortho nitro benzene ring substituents is 1. The molecule has 0 aliphatic carbocycles. The van der Waals surface area contributed by atoms with E-state index in [9.17, 15) is 14.5 Å². The van der Waals surface area contributed by atoms with Crippen molar-refractivity contribution in [2.75, 3.05) is 31.5 Å². The molecule has 1 N–H and O–H groups in total. The minimum atomic E-state index is -0.437. The first-order valence-corrected chi connectivity index (χ1v) is 9.17. The zero-order valence-corrected chi connectivity index (χ0v) is 16.0. The van der Waals surface area contributed by atoms with Gasteiger partial charge >= 0.3 is 0 Å². The predicted octanol–water partition coefficient (Wildman–Crippen LogP) is 3.90. The van der Waals surface area contributed by atoms with Crippen LogP contribution in [-0.4, -0.2) is 46.0 Å². The molecule has 9 heteroatoms. The molecule has 0 spiro atoms. The normalized spacial score (nSPS) is 14.8. The number of nitro groups is 1. The van der Waals surface area contributed by atoms with Crippen molar-refractivity contribution in [2.45, 2.75) is 6.54 Å². The fourth-order valence-electron chi connectivity index (χ4n) is 2.90. The van der Waals surface area contributed by atoms with Crippen LogP contribution in [0.15, 0.2) is 42.5 Å². The highest BCUT2D eigenvalue weighted by Gasteiger charge is 2.20. The van der Waals surface area contributed by atoms with E-state index in [-0.39, 0.29) is 11.5 Å². The Hall–Kier alpha value is -2.29. The topological polar surface area (TPSA) is 61.7 Å². The highest BCUT2D eigenvalue weighted by Crippen LogP contribution is 2.21. The molecule has 1 heterocycles. The van der Waals surface area contributed by atoms with E-state index in [1.807, 2.05) is 4.90 Å². The second kappa shape index (κ2) is 8.60. The highest BCUT2D eigenvalue weighted by atomic mass is 35.5. The molecule has 2 aromatic rings. The van der Waals surface area contributed by atoms with Crippen LogP contribution in [0, 0.1) is 15.9 Å². The summed E-state index contributed by atoms with van der Waals surface area (Å²) in [5.74, 6) is -0.342. The number of rotatable bonds is 4. The minimum absolute atomic E-state index is 0.0174. The van der Waals surface area contributed by atoms with Crippen molar-refractivity contribution in [1.29, 1.82) is 0 Å². The summed E-state index contributed by atoms with van der Waals surface area (Å²) in [5, 5.41) is 14.9. The molecule has 2 aromatic carbocycles. The fraction of sp³-hybridized carbons (Fsp3) is 0.278. The van der Waals surface area contributed by atoms with Gasteiger partial charge in [-0.2, -0.15) is 0 Å². The van der Waals surface area contributed by atoms with Gasteiger partial charge in [0.1, 0.15) is 5.82 Å². The van der Waals surface area contributed by atoms with Gasteiger partial charge in [0.2, 0.25) is 0 Å². The Morgan fingerprint density at radius 1 is 1.22 bits per heavy atom. The van der Waals surface area contributed by atoms with Crippen LogP contribution in [0.2, 0.25) is 5.02 Å². The summed E-state index contributed by atoms with van der Waals surface area (Å²) in [6.07, 6.45) is 0. The lowest BCUT2D eigenvalue weighted by Crippen LogP contribution is -2.49. The van der Waals surface area contributed by atoms with Crippen LogP contribution in [0.1, 0.15) is 5.56 Å². The molecule has 0 amide bonds. The first-order valence-electron chi connectivity index (χ1n) is 8.39. The third kappa shape index (κ3) is 5.12. The Morgan fingerprint density at radius 3 is 2.63 bits per heavy atom. The lowest BCUT2D eigenvalue weighted by atomic mass is 10.2. The van der Waals surface area contributed by atoms with Crippen molar-refractivity contribution in [3.8, 4) is 0 Å². The van der Waals surface area contributed by atoms with E-state index >= 15 is 0 Å². The van der Waals surface area contributed by atoms with Gasteiger partial charge in [0, 0.05) is 55.6 Å². The standard InChI is InChI=1S/C18H18ClFN4O2S/c19-17-10-14(20)5-4-13(17)12-22-6-8-23(9-7-22)18(27)21-15-2-1-3-16(11-15)24(25)26/h1-5,10-11H,6-9,12H2,(H,21,27). The van der Waals surface area contributed by atoms with Crippen molar-refractivity contribution >= 4 is 40.3 Å². The summed E-state index contributed by atoms with van der Waals surface area (Å²) in [4.78, 5) is 14.7. The lowest BCUT2D eigenvalue weighted by molar-refractivity contribution is -0.384. The lowest BCUT2D eigenvalue weighted by Gasteiger charge is -2.36. The molecular formula is C18H18ClFN4O2S. The summed E-state index contributed by atoms with van der Waals surface area (Å²) in [6.45, 7) is 3.66. The molecule has 0 atom stereocenters. The third-order valence-corrected chi connectivity index (χ3v) is 5.09. The van der Waals surface area contributed by atoms with Crippen LogP contribution < -0.4 is 5.32 Å². The molecule has 1 aliphatic rings. The molecular weight excluding hydrogens is 391 g/mol. The Kier molecular flexibility index (Phi) is 6.20. The summed E-state index contributed by atoms with van der Waals surface area (Å²) in [6, 6.07) is 10.7. The van der Waals surface area contributed by atoms with E-state index in [4.69, 9.17) is 23.8 Å². The molecule has 0 saturated carbocycles. The molecule has 1 fully saturated rings. The van der Waals surface area contributed by atoms with Crippen LogP contribution >= 0.6 is 23.8 Å². The molecule has 1 aliphatic heterocycles. The number of benzene rings is 2. The smallest absolute Gasteiger partial charge is 0.271 e. The number of piperazine rings is 1. The van der Waals surface area contributed by atoms with E-state index in [1.165, 1.54) is 24.3 Å². The van der Waals surface area contributed by atoms with Gasteiger partial charge in [-0.1, -0.05) is 23.7 Å². The molecule has 0 radical (unpaired) electrons. The van der Waals surface area contributed by atoms with E-state index in [0.717, 1.165) is 31.7 Å². The largest absolute Gasteiger partial charge is 0.346 e. The average Bonchev–Trinajstić information content (AvgIpc) is 2.65. The monoisotopic (exact) mass is 408 g/mol. The summed E-state index contributed by atoms with van der Waals surface area (Å²) in [5.41, 5.74) is 1.50. The van der Waals surface area contributed by atoms with Crippen LogP contribution in [0.25, 0.3) is 0 Å². The number of halogens is 2. The summed E-state index contributed by atoms with van der Waals surface area (Å²) >= 11 is 11.5. The van der Waals surface area contributed by atoms with Crippen molar-refractivity contribution in [1.82, 2.24) is 9.80 Å². The maximum absolute atomic E-state index is 13.2. The predicted molar refractivity (Wildman–Crippen MR) is 108 cm³/mol. The Bertz CT molecular complexity index is 859. The maximum Gasteiger partial charge on any atom is 0.271 e. The van der Waals surface area contributed by atoms with Crippen molar-refractivity contribution in [2.24, 2.45) is 0 Å². The van der Waals surface area contributed by atoms with Gasteiger partial charge in [-0.25, -0.2) is 4.39 Å². The average molecular weight is 409 g/mol. The number of hydrogen-bond acceptors (Lipinski definition) is 4. The van der Waals surface area contributed by atoms with Gasteiger partial charge in [-0.3, -0.25) is 15.0 Å². The number of hydrogen-bond donors (Lipinski definition) is 1. The van der Waals surface area contributed by atoms with Crippen molar-refractivity contribution in [3.63, 3.8) is 0 Å². The van der Waals surface area contributed by atoms with E-state index in [2.05, 4.69) is 10.2 Å². The fourth-order valence-corrected chi connectivity index (χ4v) is 3.43. The van der Waals surface area contributed by atoms with E-state index in [0.29, 0.717) is 22.4 Å². The molecule has 0 bridgehead atoms. The van der Waals surface area contributed by atoms with Gasteiger partial charge < -0.3 is 10.2 Å². The quantitative estimate of drug-likeness (QED) is 0.470. The van der Waals surface area contributed by atoms with Crippen LogP contribution in [0.5, 0.6) is 0 Å². The molecule has 0 unspecified atom stereocenters. The highest BCUT2D eigenvalue weighted by molar-refractivity contribution is 7.80. The molecule has 27 heavy (non-hydrogen) atoms. The van der Waals surface area contributed by atoms with Crippen LogP contribution in [0.4, 0.5) is 15.8 Å². The number of nitro benzene ring substituents is 1. The Labute approximate surface area is 166 Å². The first-order chi connectivity index (χ1) is 12.9. The zero-order valence-electron chi connectivity index (χ0n) is 14.4. The number of nitrogens with one attached hydrogen (secondary N) is 1. The van der Waals surface area contributed by atoms with Crippen molar-refractivity contribution < 1.29 is 9.31 Å². The van der Waals surface area contributed by atoms with Gasteiger partial charge in [0.05, 0.1) is 4.92 Å². The maximum atomic E-state index is 13.2. The van der Waals surface area contributed by atoms with E-state index < -0.39 is 4.92 Å². The molecule has 3 rings (SSSR count). The number of anilines is 1. The Balaban J connectivity index is 1.53. The second-order valence-corrected chi connectivity index (χ2v) is 7.03. The van der Waals surface area contributed by atoms with Crippen LogP contribution in [0.3, 0.4) is 0 Å². The summed E-state index contributed by atoms with van der Waals surface area (Å²) < 4.78 is 13.2. The van der Waals surface area contributed by atoms with Crippen molar-refractivity contribution in [3.05, 3.63) is 69.0 Å². The molecule has 1 saturated heterocycles. The van der Waals surface area contributed by atoms with Gasteiger partial charge in [-0.15, -0.1) is 0 Å². The van der Waals surface area contributed by atoms with Crippen LogP contribution in [-0.2, 0) is 6.54 Å². The zero-order chi connectivity index (χ0) is 19.4. The second-order valence-electron chi connectivity index (χ2n) is 6.24. The molecule has 6 nitrogen and oxygen atoms in total. The van der Waals surface area contributed by atoms with Gasteiger partial charge in [0.15, 0.2) is 5.11 Å². The summed E-state index contributed by atoms with van der Waals surface area (Å²) in [7, 11) is 0. The molecule has 0 aromatic heterocycles. The first kappa shape index (κ1) is 19.5. The van der Waals surface area contributed by atoms with Gasteiger partial charge in [-0.05, 0) is 36.0 Å².